The molecule has 0 unspecified atom stereocenters. The molecule has 1 aromatic rings. The highest BCUT2D eigenvalue weighted by molar-refractivity contribution is 7.89. The maximum absolute atomic E-state index is 11.9. The molecule has 8 nitrogen and oxygen atoms in total. The fraction of sp³-hybridized carbons (Fsp3) is 0.600. The third kappa shape index (κ3) is 3.11. The first kappa shape index (κ1) is 14.0. The summed E-state index contributed by atoms with van der Waals surface area (Å²) in [4.78, 5) is 11.7. The number of primary sulfonamides is 1. The van der Waals surface area contributed by atoms with Gasteiger partial charge in [0.25, 0.3) is 5.91 Å². The minimum Gasteiger partial charge on any atom is -0.383 e. The molecule has 106 valence electrons. The van der Waals surface area contributed by atoms with Crippen LogP contribution in [0.5, 0.6) is 0 Å². The van der Waals surface area contributed by atoms with E-state index in [4.69, 9.17) is 9.88 Å². The average Bonchev–Trinajstić information content (AvgIpc) is 3.06. The Kier molecular flexibility index (Phi) is 3.88. The summed E-state index contributed by atoms with van der Waals surface area (Å²) in [5.41, 5.74) is 0.250. The second kappa shape index (κ2) is 5.27. The molecule has 1 heterocycles. The standard InChI is InChI=1S/C10H16N4O4S/c1-18-5-4-12-10(15)8-9(19(11,16)17)7(13-14-8)6-2-3-6/h6H,2-5H2,1H3,(H,12,15)(H,13,14)(H2,11,16,17). The van der Waals surface area contributed by atoms with Crippen LogP contribution < -0.4 is 10.5 Å². The number of methoxy groups -OCH3 is 1. The number of nitrogens with zero attached hydrogens (tertiary/aromatic N) is 1. The van der Waals surface area contributed by atoms with Crippen molar-refractivity contribution in [3.8, 4) is 0 Å². The quantitative estimate of drug-likeness (QED) is 0.597. The van der Waals surface area contributed by atoms with Gasteiger partial charge in [-0.25, -0.2) is 13.6 Å². The van der Waals surface area contributed by atoms with Crippen LogP contribution in [0.1, 0.15) is 34.9 Å². The molecule has 1 saturated carbocycles. The van der Waals surface area contributed by atoms with Crippen LogP contribution in [0.15, 0.2) is 4.90 Å². The fourth-order valence-electron chi connectivity index (χ4n) is 1.79. The van der Waals surface area contributed by atoms with E-state index in [-0.39, 0.29) is 23.1 Å². The van der Waals surface area contributed by atoms with Gasteiger partial charge in [0.2, 0.25) is 10.0 Å². The van der Waals surface area contributed by atoms with Crippen LogP contribution in [-0.4, -0.2) is 44.8 Å². The van der Waals surface area contributed by atoms with Gasteiger partial charge in [-0.05, 0) is 12.8 Å². The van der Waals surface area contributed by atoms with Gasteiger partial charge in [0.15, 0.2) is 5.69 Å². The molecule has 1 aliphatic rings. The summed E-state index contributed by atoms with van der Waals surface area (Å²) >= 11 is 0. The highest BCUT2D eigenvalue weighted by Gasteiger charge is 2.35. The van der Waals surface area contributed by atoms with Gasteiger partial charge >= 0.3 is 0 Å². The third-order valence-electron chi connectivity index (χ3n) is 2.82. The maximum Gasteiger partial charge on any atom is 0.273 e. The SMILES string of the molecule is COCCNC(=O)c1n[nH]c(C2CC2)c1S(N)(=O)=O. The number of carbonyl (C=O) groups excluding carboxylic acids is 1. The second-order valence-corrected chi connectivity index (χ2v) is 5.88. The van der Waals surface area contributed by atoms with E-state index in [1.165, 1.54) is 7.11 Å². The number of nitrogens with one attached hydrogen (secondary N) is 2. The van der Waals surface area contributed by atoms with Crippen LogP contribution in [-0.2, 0) is 14.8 Å². The molecule has 0 aromatic carbocycles. The van der Waals surface area contributed by atoms with Crippen molar-refractivity contribution in [1.29, 1.82) is 0 Å². The van der Waals surface area contributed by atoms with Gasteiger partial charge in [-0.15, -0.1) is 0 Å². The number of nitrogens with two attached hydrogens (primary N) is 1. The Bertz CT molecular complexity index is 576. The van der Waals surface area contributed by atoms with E-state index in [1.54, 1.807) is 0 Å². The van der Waals surface area contributed by atoms with Crippen molar-refractivity contribution in [3.05, 3.63) is 11.4 Å². The van der Waals surface area contributed by atoms with E-state index in [2.05, 4.69) is 15.5 Å². The van der Waals surface area contributed by atoms with Gasteiger partial charge in [-0.1, -0.05) is 0 Å². The molecule has 0 radical (unpaired) electrons. The van der Waals surface area contributed by atoms with E-state index >= 15 is 0 Å². The molecule has 1 amide bonds. The summed E-state index contributed by atoms with van der Waals surface area (Å²) in [6.45, 7) is 0.599. The molecule has 1 aromatic heterocycles. The van der Waals surface area contributed by atoms with Crippen molar-refractivity contribution in [2.75, 3.05) is 20.3 Å². The first-order valence-corrected chi connectivity index (χ1v) is 7.38. The minimum absolute atomic E-state index is 0.0985. The molecular formula is C10H16N4O4S. The smallest absolute Gasteiger partial charge is 0.273 e. The van der Waals surface area contributed by atoms with E-state index in [0.29, 0.717) is 12.3 Å². The Morgan fingerprint density at radius 2 is 2.26 bits per heavy atom. The normalized spacial score (nSPS) is 15.5. The Labute approximate surface area is 110 Å². The van der Waals surface area contributed by atoms with Crippen molar-refractivity contribution < 1.29 is 17.9 Å². The minimum atomic E-state index is -3.99. The summed E-state index contributed by atoms with van der Waals surface area (Å²) < 4.78 is 28.0. The molecule has 0 aliphatic heterocycles. The van der Waals surface area contributed by atoms with Gasteiger partial charge < -0.3 is 10.1 Å². The highest BCUT2D eigenvalue weighted by atomic mass is 32.2. The summed E-state index contributed by atoms with van der Waals surface area (Å²) in [6, 6.07) is 0. The lowest BCUT2D eigenvalue weighted by molar-refractivity contribution is 0.0929. The first-order valence-electron chi connectivity index (χ1n) is 5.83. The van der Waals surface area contributed by atoms with Crippen LogP contribution in [0.4, 0.5) is 0 Å². The number of sulfonamides is 1. The summed E-state index contributed by atoms with van der Waals surface area (Å²) in [5, 5.41) is 14.1. The zero-order chi connectivity index (χ0) is 14.0. The lowest BCUT2D eigenvalue weighted by Crippen LogP contribution is -2.29. The van der Waals surface area contributed by atoms with E-state index in [1.807, 2.05) is 0 Å². The van der Waals surface area contributed by atoms with E-state index in [9.17, 15) is 13.2 Å². The predicted octanol–water partition coefficient (Wildman–Crippen LogP) is -0.689. The fourth-order valence-corrected chi connectivity index (χ4v) is 2.71. The lowest BCUT2D eigenvalue weighted by Gasteiger charge is -2.04. The molecule has 9 heteroatoms. The number of H-pyrrole nitrogens is 1. The van der Waals surface area contributed by atoms with Gasteiger partial charge in [-0.3, -0.25) is 9.89 Å². The Morgan fingerprint density at radius 1 is 1.58 bits per heavy atom. The molecule has 1 aliphatic carbocycles. The number of rotatable bonds is 6. The van der Waals surface area contributed by atoms with Crippen molar-refractivity contribution in [2.24, 2.45) is 5.14 Å². The zero-order valence-electron chi connectivity index (χ0n) is 10.5. The van der Waals surface area contributed by atoms with Crippen LogP contribution in [0.25, 0.3) is 0 Å². The predicted molar refractivity (Wildman–Crippen MR) is 66.1 cm³/mol. The number of aromatic nitrogens is 2. The van der Waals surface area contributed by atoms with Crippen LogP contribution in [0.3, 0.4) is 0 Å². The molecule has 19 heavy (non-hydrogen) atoms. The van der Waals surface area contributed by atoms with E-state index < -0.39 is 15.9 Å². The van der Waals surface area contributed by atoms with E-state index in [0.717, 1.165) is 12.8 Å². The van der Waals surface area contributed by atoms with Crippen LogP contribution in [0, 0.1) is 0 Å². The van der Waals surface area contributed by atoms with Gasteiger partial charge in [0, 0.05) is 19.6 Å². The maximum atomic E-state index is 11.9. The topological polar surface area (TPSA) is 127 Å². The largest absolute Gasteiger partial charge is 0.383 e. The average molecular weight is 288 g/mol. The van der Waals surface area contributed by atoms with Crippen LogP contribution >= 0.6 is 0 Å². The molecule has 2 rings (SSSR count). The number of hydrogen-bond acceptors (Lipinski definition) is 5. The van der Waals surface area contributed by atoms with Crippen LogP contribution in [0.2, 0.25) is 0 Å². The molecule has 0 spiro atoms. The highest BCUT2D eigenvalue weighted by Crippen LogP contribution is 2.42. The molecular weight excluding hydrogens is 272 g/mol. The Morgan fingerprint density at radius 3 is 2.79 bits per heavy atom. The molecule has 1 fully saturated rings. The van der Waals surface area contributed by atoms with Crippen molar-refractivity contribution >= 4 is 15.9 Å². The number of aromatic amines is 1. The number of amides is 1. The Hall–Kier alpha value is -1.45. The van der Waals surface area contributed by atoms with Gasteiger partial charge in [0.1, 0.15) is 4.90 Å². The summed E-state index contributed by atoms with van der Waals surface area (Å²) in [7, 11) is -2.49. The second-order valence-electron chi connectivity index (χ2n) is 4.38. The monoisotopic (exact) mass is 288 g/mol. The van der Waals surface area contributed by atoms with Gasteiger partial charge in [-0.2, -0.15) is 5.10 Å². The first-order chi connectivity index (χ1) is 8.95. The molecule has 0 saturated heterocycles. The van der Waals surface area contributed by atoms with Gasteiger partial charge in [0.05, 0.1) is 12.3 Å². The van der Waals surface area contributed by atoms with Crippen molar-refractivity contribution in [1.82, 2.24) is 15.5 Å². The number of ether oxygens (including phenoxy) is 1. The zero-order valence-corrected chi connectivity index (χ0v) is 11.3. The summed E-state index contributed by atoms with van der Waals surface area (Å²) in [5.74, 6) is -0.481. The lowest BCUT2D eigenvalue weighted by atomic mass is 10.2. The number of hydrogen-bond donors (Lipinski definition) is 3. The molecule has 0 bridgehead atoms. The van der Waals surface area contributed by atoms with Crippen molar-refractivity contribution in [2.45, 2.75) is 23.7 Å². The number of carbonyl (C=O) groups is 1. The summed E-state index contributed by atoms with van der Waals surface area (Å²) in [6.07, 6.45) is 1.74. The molecule has 4 N–H and O–H groups in total. The molecule has 0 atom stereocenters. The Balaban J connectivity index is 2.27. The third-order valence-corrected chi connectivity index (χ3v) is 3.81. The van der Waals surface area contributed by atoms with Crippen molar-refractivity contribution in [3.63, 3.8) is 0 Å².